The van der Waals surface area contributed by atoms with E-state index in [1.165, 1.54) is 25.7 Å². The summed E-state index contributed by atoms with van der Waals surface area (Å²) in [5, 5.41) is 0. The smallest absolute Gasteiger partial charge is 0.225 e. The number of carbonyl (C=O) groups excluding carboxylic acids is 1. The van der Waals surface area contributed by atoms with Gasteiger partial charge in [0.25, 0.3) is 0 Å². The molecule has 0 radical (unpaired) electrons. The van der Waals surface area contributed by atoms with Crippen molar-refractivity contribution in [2.75, 3.05) is 7.05 Å². The Balaban J connectivity index is 2.19. The van der Waals surface area contributed by atoms with Gasteiger partial charge in [-0.05, 0) is 18.8 Å². The Hall–Kier alpha value is -0.530. The molecule has 0 aromatic heterocycles. The lowest BCUT2D eigenvalue weighted by molar-refractivity contribution is -0.130. The maximum absolute atomic E-state index is 11.6. The molecule has 0 aromatic carbocycles. The monoisotopic (exact) mass is 167 g/mol. The molecular formula is C10H17NO. The molecular weight excluding hydrogens is 150 g/mol. The third-order valence-electron chi connectivity index (χ3n) is 3.66. The van der Waals surface area contributed by atoms with Gasteiger partial charge in [-0.3, -0.25) is 4.79 Å². The minimum absolute atomic E-state index is 0.292. The molecule has 0 N–H and O–H groups in total. The molecule has 0 bridgehead atoms. The number of hydrogen-bond donors (Lipinski definition) is 0. The van der Waals surface area contributed by atoms with E-state index in [9.17, 15) is 4.79 Å². The van der Waals surface area contributed by atoms with Crippen molar-refractivity contribution >= 4 is 5.91 Å². The molecule has 2 fully saturated rings. The van der Waals surface area contributed by atoms with Crippen molar-refractivity contribution in [3.8, 4) is 0 Å². The van der Waals surface area contributed by atoms with E-state index in [1.54, 1.807) is 0 Å². The Labute approximate surface area is 73.9 Å². The van der Waals surface area contributed by atoms with Gasteiger partial charge < -0.3 is 4.90 Å². The van der Waals surface area contributed by atoms with Gasteiger partial charge in [0.1, 0.15) is 0 Å². The van der Waals surface area contributed by atoms with Gasteiger partial charge in [-0.15, -0.1) is 0 Å². The third-order valence-corrected chi connectivity index (χ3v) is 3.66. The van der Waals surface area contributed by atoms with Crippen LogP contribution in [0, 0.1) is 11.8 Å². The van der Waals surface area contributed by atoms with E-state index < -0.39 is 0 Å². The fraction of sp³-hybridized carbons (Fsp3) is 0.900. The number of rotatable bonds is 0. The van der Waals surface area contributed by atoms with Crippen LogP contribution in [-0.2, 0) is 4.79 Å². The quantitative estimate of drug-likeness (QED) is 0.537. The van der Waals surface area contributed by atoms with Crippen LogP contribution in [-0.4, -0.2) is 23.9 Å². The van der Waals surface area contributed by atoms with Crippen LogP contribution in [0.25, 0.3) is 0 Å². The van der Waals surface area contributed by atoms with E-state index in [1.807, 2.05) is 11.9 Å². The second-order valence-corrected chi connectivity index (χ2v) is 4.25. The van der Waals surface area contributed by atoms with Crippen molar-refractivity contribution in [2.24, 2.45) is 11.8 Å². The van der Waals surface area contributed by atoms with Crippen molar-refractivity contribution in [3.63, 3.8) is 0 Å². The standard InChI is InChI=1S/C10H17NO/c1-7-8-5-3-4-6-9(8)11(2)10(7)12/h7-9H,3-6H2,1-2H3/t7?,8-,9-/m1/s1. The lowest BCUT2D eigenvalue weighted by Crippen LogP contribution is -2.33. The second kappa shape index (κ2) is 2.75. The molecule has 3 atom stereocenters. The Morgan fingerprint density at radius 1 is 1.33 bits per heavy atom. The molecule has 2 aliphatic rings. The zero-order chi connectivity index (χ0) is 8.72. The molecule has 2 rings (SSSR count). The molecule has 68 valence electrons. The third kappa shape index (κ3) is 0.970. The molecule has 1 aliphatic heterocycles. The zero-order valence-electron chi connectivity index (χ0n) is 7.92. The Morgan fingerprint density at radius 3 is 2.67 bits per heavy atom. The molecule has 0 aromatic rings. The topological polar surface area (TPSA) is 20.3 Å². The van der Waals surface area contributed by atoms with Crippen molar-refractivity contribution in [3.05, 3.63) is 0 Å². The molecule has 1 unspecified atom stereocenters. The van der Waals surface area contributed by atoms with Crippen LogP contribution in [0.1, 0.15) is 32.6 Å². The first-order valence-corrected chi connectivity index (χ1v) is 4.98. The summed E-state index contributed by atoms with van der Waals surface area (Å²) < 4.78 is 0. The lowest BCUT2D eigenvalue weighted by atomic mass is 9.80. The summed E-state index contributed by atoms with van der Waals surface area (Å²) in [5.74, 6) is 1.32. The average molecular weight is 167 g/mol. The molecule has 12 heavy (non-hydrogen) atoms. The zero-order valence-corrected chi connectivity index (χ0v) is 7.92. The Kier molecular flexibility index (Phi) is 1.85. The molecule has 2 nitrogen and oxygen atoms in total. The van der Waals surface area contributed by atoms with Gasteiger partial charge >= 0.3 is 0 Å². The Bertz CT molecular complexity index is 182. The highest BCUT2D eigenvalue weighted by Crippen LogP contribution is 2.39. The number of nitrogens with zero attached hydrogens (tertiary/aromatic N) is 1. The number of likely N-dealkylation sites (tertiary alicyclic amines) is 1. The molecule has 1 saturated heterocycles. The molecule has 2 heteroatoms. The van der Waals surface area contributed by atoms with Crippen molar-refractivity contribution < 1.29 is 4.79 Å². The number of fused-ring (bicyclic) bond motifs is 1. The second-order valence-electron chi connectivity index (χ2n) is 4.25. The fourth-order valence-corrected chi connectivity index (χ4v) is 2.87. The predicted molar refractivity (Wildman–Crippen MR) is 47.7 cm³/mol. The summed E-state index contributed by atoms with van der Waals surface area (Å²) in [4.78, 5) is 13.6. The highest BCUT2D eigenvalue weighted by molar-refractivity contribution is 5.81. The predicted octanol–water partition coefficient (Wildman–Crippen LogP) is 1.65. The first kappa shape index (κ1) is 8.09. The van der Waals surface area contributed by atoms with Crippen LogP contribution in [0.3, 0.4) is 0 Å². The van der Waals surface area contributed by atoms with Gasteiger partial charge in [-0.25, -0.2) is 0 Å². The molecule has 1 heterocycles. The average Bonchev–Trinajstić information content (AvgIpc) is 2.33. The normalized spacial score (nSPS) is 41.7. The summed E-state index contributed by atoms with van der Waals surface area (Å²) >= 11 is 0. The number of carbonyl (C=O) groups is 1. The van der Waals surface area contributed by atoms with Crippen molar-refractivity contribution in [2.45, 2.75) is 38.6 Å². The van der Waals surface area contributed by atoms with Crippen LogP contribution < -0.4 is 0 Å². The molecule has 1 aliphatic carbocycles. The summed E-state index contributed by atoms with van der Waals surface area (Å²) in [6.45, 7) is 2.09. The highest BCUT2D eigenvalue weighted by atomic mass is 16.2. The summed E-state index contributed by atoms with van der Waals surface area (Å²) in [6.07, 6.45) is 5.14. The first-order chi connectivity index (χ1) is 5.72. The van der Waals surface area contributed by atoms with Gasteiger partial charge in [0, 0.05) is 19.0 Å². The van der Waals surface area contributed by atoms with Gasteiger partial charge in [0.05, 0.1) is 0 Å². The summed E-state index contributed by atoms with van der Waals surface area (Å²) in [7, 11) is 1.97. The largest absolute Gasteiger partial charge is 0.342 e. The highest BCUT2D eigenvalue weighted by Gasteiger charge is 2.44. The van der Waals surface area contributed by atoms with E-state index in [2.05, 4.69) is 6.92 Å². The SMILES string of the molecule is CC1C(=O)N(C)[C@@H]2CCCC[C@H]12. The van der Waals surface area contributed by atoms with Crippen LogP contribution >= 0.6 is 0 Å². The van der Waals surface area contributed by atoms with Crippen molar-refractivity contribution in [1.29, 1.82) is 0 Å². The summed E-state index contributed by atoms with van der Waals surface area (Å²) in [6, 6.07) is 0.571. The van der Waals surface area contributed by atoms with Gasteiger partial charge in [-0.1, -0.05) is 19.8 Å². The number of hydrogen-bond acceptors (Lipinski definition) is 1. The van der Waals surface area contributed by atoms with Crippen molar-refractivity contribution in [1.82, 2.24) is 4.90 Å². The summed E-state index contributed by atoms with van der Waals surface area (Å²) in [5.41, 5.74) is 0. The van der Waals surface area contributed by atoms with Gasteiger partial charge in [0.15, 0.2) is 0 Å². The van der Waals surface area contributed by atoms with E-state index in [0.29, 0.717) is 23.8 Å². The van der Waals surface area contributed by atoms with Crippen LogP contribution in [0.5, 0.6) is 0 Å². The van der Waals surface area contributed by atoms with E-state index in [4.69, 9.17) is 0 Å². The van der Waals surface area contributed by atoms with Gasteiger partial charge in [-0.2, -0.15) is 0 Å². The van der Waals surface area contributed by atoms with E-state index in [-0.39, 0.29) is 0 Å². The fourth-order valence-electron chi connectivity index (χ4n) is 2.87. The molecule has 1 amide bonds. The van der Waals surface area contributed by atoms with Crippen LogP contribution in [0.2, 0.25) is 0 Å². The maximum Gasteiger partial charge on any atom is 0.225 e. The van der Waals surface area contributed by atoms with E-state index in [0.717, 1.165) is 0 Å². The number of amides is 1. The van der Waals surface area contributed by atoms with Crippen LogP contribution in [0.4, 0.5) is 0 Å². The molecule has 1 saturated carbocycles. The molecule has 0 spiro atoms. The first-order valence-electron chi connectivity index (χ1n) is 4.98. The van der Waals surface area contributed by atoms with Gasteiger partial charge in [0.2, 0.25) is 5.91 Å². The maximum atomic E-state index is 11.6. The minimum atomic E-state index is 0.292. The van der Waals surface area contributed by atoms with E-state index >= 15 is 0 Å². The Morgan fingerprint density at radius 2 is 2.00 bits per heavy atom. The van der Waals surface area contributed by atoms with Crippen LogP contribution in [0.15, 0.2) is 0 Å². The lowest BCUT2D eigenvalue weighted by Gasteiger charge is -2.29. The minimum Gasteiger partial charge on any atom is -0.342 e.